The van der Waals surface area contributed by atoms with E-state index < -0.39 is 6.10 Å². The summed E-state index contributed by atoms with van der Waals surface area (Å²) in [5.41, 5.74) is 0.457. The average molecular weight is 295 g/mol. The van der Waals surface area contributed by atoms with Crippen molar-refractivity contribution in [1.29, 1.82) is 0 Å². The summed E-state index contributed by atoms with van der Waals surface area (Å²) in [6, 6.07) is 13.8. The molecule has 0 fully saturated rings. The van der Waals surface area contributed by atoms with Gasteiger partial charge in [0.25, 0.3) is 0 Å². The lowest BCUT2D eigenvalue weighted by Crippen LogP contribution is -2.24. The molecule has 2 aromatic carbocycles. The van der Waals surface area contributed by atoms with E-state index in [9.17, 15) is 4.79 Å². The Labute approximate surface area is 121 Å². The third-order valence-corrected chi connectivity index (χ3v) is 3.18. The molecule has 2 rings (SSSR count). The molecule has 0 heterocycles. The van der Waals surface area contributed by atoms with Crippen molar-refractivity contribution in [2.45, 2.75) is 13.0 Å². The molecule has 0 aliphatic carbocycles. The topological polar surface area (TPSA) is 26.3 Å². The van der Waals surface area contributed by atoms with Crippen molar-refractivity contribution < 1.29 is 9.53 Å². The molecule has 2 aromatic rings. The maximum atomic E-state index is 12.2. The third-order valence-electron chi connectivity index (χ3n) is 2.62. The third kappa shape index (κ3) is 3.49. The van der Waals surface area contributed by atoms with Crippen LogP contribution in [0.1, 0.15) is 17.3 Å². The molecule has 0 aliphatic rings. The van der Waals surface area contributed by atoms with Gasteiger partial charge in [-0.25, -0.2) is 0 Å². The van der Waals surface area contributed by atoms with Crippen molar-refractivity contribution in [3.8, 4) is 5.75 Å². The van der Waals surface area contributed by atoms with Gasteiger partial charge in [0.1, 0.15) is 5.75 Å². The predicted molar refractivity (Wildman–Crippen MR) is 77.3 cm³/mol. The Morgan fingerprint density at radius 3 is 2.53 bits per heavy atom. The predicted octanol–water partition coefficient (Wildman–Crippen LogP) is 4.64. The number of hydrogen-bond acceptors (Lipinski definition) is 2. The normalized spacial score (nSPS) is 11.9. The van der Waals surface area contributed by atoms with Crippen molar-refractivity contribution in [1.82, 2.24) is 0 Å². The van der Waals surface area contributed by atoms with Gasteiger partial charge < -0.3 is 4.74 Å². The highest BCUT2D eigenvalue weighted by atomic mass is 35.5. The van der Waals surface area contributed by atoms with E-state index in [0.717, 1.165) is 0 Å². The van der Waals surface area contributed by atoms with Crippen LogP contribution in [-0.4, -0.2) is 11.9 Å². The van der Waals surface area contributed by atoms with Crippen LogP contribution in [0.3, 0.4) is 0 Å². The summed E-state index contributed by atoms with van der Waals surface area (Å²) in [4.78, 5) is 12.2. The van der Waals surface area contributed by atoms with Crippen LogP contribution in [-0.2, 0) is 0 Å². The number of carbonyl (C=O) groups is 1. The number of ketones is 1. The first-order valence-electron chi connectivity index (χ1n) is 5.79. The molecule has 98 valence electrons. The minimum Gasteiger partial charge on any atom is -0.483 e. The molecule has 0 aliphatic heterocycles. The molecule has 2 nitrogen and oxygen atoms in total. The molecule has 1 atom stereocenters. The Balaban J connectivity index is 2.14. The molecule has 0 radical (unpaired) electrons. The Morgan fingerprint density at radius 2 is 1.84 bits per heavy atom. The first-order valence-corrected chi connectivity index (χ1v) is 6.54. The van der Waals surface area contributed by atoms with Crippen LogP contribution in [0.2, 0.25) is 10.0 Å². The van der Waals surface area contributed by atoms with Gasteiger partial charge in [0.2, 0.25) is 5.78 Å². The fraction of sp³-hybridized carbons (Fsp3) is 0.133. The van der Waals surface area contributed by atoms with Crippen molar-refractivity contribution in [2.24, 2.45) is 0 Å². The number of Topliss-reactive ketones (excluding diaryl/α,β-unsaturated/α-hetero) is 1. The number of hydrogen-bond donors (Lipinski definition) is 0. The highest BCUT2D eigenvalue weighted by Crippen LogP contribution is 2.21. The zero-order valence-corrected chi connectivity index (χ0v) is 11.8. The van der Waals surface area contributed by atoms with Gasteiger partial charge in [-0.1, -0.05) is 41.4 Å². The number of ether oxygens (including phenoxy) is 1. The zero-order chi connectivity index (χ0) is 13.8. The number of benzene rings is 2. The van der Waals surface area contributed by atoms with E-state index in [1.54, 1.807) is 55.5 Å². The van der Waals surface area contributed by atoms with Crippen LogP contribution in [0.5, 0.6) is 5.75 Å². The summed E-state index contributed by atoms with van der Waals surface area (Å²) in [5.74, 6) is 0.394. The monoisotopic (exact) mass is 294 g/mol. The number of rotatable bonds is 4. The molecule has 0 N–H and O–H groups in total. The minimum absolute atomic E-state index is 0.162. The van der Waals surface area contributed by atoms with Crippen LogP contribution in [0.25, 0.3) is 0 Å². The zero-order valence-electron chi connectivity index (χ0n) is 10.3. The standard InChI is InChI=1S/C15H12Cl2O2/c1-10(19-12-6-4-5-11(16)9-12)15(18)13-7-2-3-8-14(13)17/h2-10H,1H3. The summed E-state index contributed by atoms with van der Waals surface area (Å²) < 4.78 is 5.57. The molecule has 0 spiro atoms. The van der Waals surface area contributed by atoms with E-state index >= 15 is 0 Å². The van der Waals surface area contributed by atoms with Crippen molar-refractivity contribution in [3.05, 3.63) is 64.1 Å². The van der Waals surface area contributed by atoms with E-state index in [0.29, 0.717) is 21.4 Å². The molecule has 0 saturated heterocycles. The van der Waals surface area contributed by atoms with Crippen LogP contribution in [0.15, 0.2) is 48.5 Å². The van der Waals surface area contributed by atoms with E-state index in [2.05, 4.69) is 0 Å². The fourth-order valence-corrected chi connectivity index (χ4v) is 2.09. The summed E-state index contributed by atoms with van der Waals surface area (Å²) in [5, 5.41) is 0.990. The Hall–Kier alpha value is -1.51. The largest absolute Gasteiger partial charge is 0.483 e. The molecule has 0 saturated carbocycles. The number of halogens is 2. The minimum atomic E-state index is -0.627. The highest BCUT2D eigenvalue weighted by Gasteiger charge is 2.19. The quantitative estimate of drug-likeness (QED) is 0.768. The van der Waals surface area contributed by atoms with Gasteiger partial charge >= 0.3 is 0 Å². The van der Waals surface area contributed by atoms with Gasteiger partial charge in [-0.3, -0.25) is 4.79 Å². The lowest BCUT2D eigenvalue weighted by Gasteiger charge is -2.14. The van der Waals surface area contributed by atoms with Crippen LogP contribution in [0, 0.1) is 0 Å². The first kappa shape index (κ1) is 13.9. The fourth-order valence-electron chi connectivity index (χ4n) is 1.68. The van der Waals surface area contributed by atoms with Crippen molar-refractivity contribution in [3.63, 3.8) is 0 Å². The van der Waals surface area contributed by atoms with Gasteiger partial charge in [-0.2, -0.15) is 0 Å². The SMILES string of the molecule is CC(Oc1cccc(Cl)c1)C(=O)c1ccccc1Cl. The van der Waals surface area contributed by atoms with Crippen LogP contribution >= 0.6 is 23.2 Å². The van der Waals surface area contributed by atoms with E-state index in [1.165, 1.54) is 0 Å². The molecule has 0 aromatic heterocycles. The Bertz CT molecular complexity index is 596. The van der Waals surface area contributed by atoms with E-state index in [4.69, 9.17) is 27.9 Å². The summed E-state index contributed by atoms with van der Waals surface area (Å²) in [7, 11) is 0. The van der Waals surface area contributed by atoms with Gasteiger partial charge in [-0.15, -0.1) is 0 Å². The molecule has 19 heavy (non-hydrogen) atoms. The number of carbonyl (C=O) groups excluding carboxylic acids is 1. The van der Waals surface area contributed by atoms with E-state index in [-0.39, 0.29) is 5.78 Å². The second-order valence-corrected chi connectivity index (χ2v) is 4.91. The lowest BCUT2D eigenvalue weighted by atomic mass is 10.1. The second kappa shape index (κ2) is 6.09. The molecule has 0 bridgehead atoms. The molecule has 1 unspecified atom stereocenters. The van der Waals surface area contributed by atoms with Gasteiger partial charge in [0.15, 0.2) is 6.10 Å². The summed E-state index contributed by atoms with van der Waals surface area (Å²) in [6.07, 6.45) is -0.627. The van der Waals surface area contributed by atoms with Crippen molar-refractivity contribution in [2.75, 3.05) is 0 Å². The average Bonchev–Trinajstić information content (AvgIpc) is 2.38. The van der Waals surface area contributed by atoms with Gasteiger partial charge in [-0.05, 0) is 37.3 Å². The first-order chi connectivity index (χ1) is 9.08. The summed E-state index contributed by atoms with van der Waals surface area (Å²) >= 11 is 11.9. The van der Waals surface area contributed by atoms with Crippen molar-refractivity contribution >= 4 is 29.0 Å². The Kier molecular flexibility index (Phi) is 4.46. The second-order valence-electron chi connectivity index (χ2n) is 4.06. The maximum absolute atomic E-state index is 12.2. The van der Waals surface area contributed by atoms with Crippen LogP contribution < -0.4 is 4.74 Å². The highest BCUT2D eigenvalue weighted by molar-refractivity contribution is 6.34. The summed E-state index contributed by atoms with van der Waals surface area (Å²) in [6.45, 7) is 1.69. The van der Waals surface area contributed by atoms with E-state index in [1.807, 2.05) is 0 Å². The van der Waals surface area contributed by atoms with Gasteiger partial charge in [0, 0.05) is 10.6 Å². The maximum Gasteiger partial charge on any atom is 0.204 e. The molecular weight excluding hydrogens is 283 g/mol. The lowest BCUT2D eigenvalue weighted by molar-refractivity contribution is 0.0818. The van der Waals surface area contributed by atoms with Crippen LogP contribution in [0.4, 0.5) is 0 Å². The molecule has 4 heteroatoms. The molecule has 0 amide bonds. The smallest absolute Gasteiger partial charge is 0.204 e. The van der Waals surface area contributed by atoms with Gasteiger partial charge in [0.05, 0.1) is 5.02 Å². The Morgan fingerprint density at radius 1 is 1.11 bits per heavy atom. The molecular formula is C15H12Cl2O2.